The van der Waals surface area contributed by atoms with Crippen molar-refractivity contribution < 1.29 is 9.52 Å². The topological polar surface area (TPSA) is 91.1 Å². The van der Waals surface area contributed by atoms with Crippen molar-refractivity contribution in [1.82, 2.24) is 10.2 Å². The molecule has 0 bridgehead atoms. The summed E-state index contributed by atoms with van der Waals surface area (Å²) in [5, 5.41) is 19.0. The number of aromatic nitrogens is 2. The van der Waals surface area contributed by atoms with E-state index in [2.05, 4.69) is 15.5 Å². The zero-order valence-corrected chi connectivity index (χ0v) is 11.3. The number of nitrogens with zero attached hydrogens (tertiary/aromatic N) is 1. The van der Waals surface area contributed by atoms with Gasteiger partial charge in [0.15, 0.2) is 0 Å². The minimum absolute atomic E-state index is 0.00132. The Morgan fingerprint density at radius 3 is 2.95 bits per heavy atom. The lowest BCUT2D eigenvalue weighted by molar-refractivity contribution is 0.0468. The first-order valence-corrected chi connectivity index (χ1v) is 6.04. The maximum Gasteiger partial charge on any atom is 0.285 e. The summed E-state index contributed by atoms with van der Waals surface area (Å²) >= 11 is 5.82. The summed E-state index contributed by atoms with van der Waals surface area (Å²) in [6.45, 7) is 3.53. The first-order chi connectivity index (χ1) is 8.90. The highest BCUT2D eigenvalue weighted by Gasteiger charge is 2.27. The lowest BCUT2D eigenvalue weighted by atomic mass is 10.0. The van der Waals surface area contributed by atoms with Crippen molar-refractivity contribution in [3.63, 3.8) is 0 Å². The number of rotatable bonds is 4. The van der Waals surface area contributed by atoms with E-state index in [0.717, 1.165) is 0 Å². The van der Waals surface area contributed by atoms with E-state index in [4.69, 9.17) is 16.0 Å². The van der Waals surface area contributed by atoms with Gasteiger partial charge >= 0.3 is 0 Å². The molecule has 19 heavy (non-hydrogen) atoms. The Hall–Kier alpha value is -1.79. The van der Waals surface area contributed by atoms with Crippen LogP contribution in [-0.2, 0) is 5.60 Å². The number of hydrogen-bond donors (Lipinski definition) is 3. The number of H-pyrrole nitrogens is 1. The molecule has 0 aliphatic rings. The number of aromatic amines is 1. The minimum atomic E-state index is -1.22. The Morgan fingerprint density at radius 1 is 1.58 bits per heavy atom. The molecule has 0 saturated heterocycles. The minimum Gasteiger partial charge on any atom is -0.463 e. The van der Waals surface area contributed by atoms with E-state index in [1.807, 2.05) is 0 Å². The Morgan fingerprint density at radius 2 is 2.32 bits per heavy atom. The standard InChI is InChI=1S/C12H14ClN3O3/c1-7-3-4-9(19-7)12(2,18)6-14-8-5-15-16-11(17)10(8)13/h3-5,18H,6H2,1-2H3,(H2,14,16,17). The monoisotopic (exact) mass is 283 g/mol. The van der Waals surface area contributed by atoms with Crippen molar-refractivity contribution in [2.45, 2.75) is 19.4 Å². The third kappa shape index (κ3) is 2.97. The van der Waals surface area contributed by atoms with E-state index in [9.17, 15) is 9.90 Å². The quantitative estimate of drug-likeness (QED) is 0.793. The van der Waals surface area contributed by atoms with E-state index in [1.165, 1.54) is 6.20 Å². The van der Waals surface area contributed by atoms with Gasteiger partial charge in [0.1, 0.15) is 22.1 Å². The van der Waals surface area contributed by atoms with Crippen molar-refractivity contribution in [2.75, 3.05) is 11.9 Å². The van der Waals surface area contributed by atoms with Gasteiger partial charge in [0.2, 0.25) is 0 Å². The fourth-order valence-electron chi connectivity index (χ4n) is 1.59. The summed E-state index contributed by atoms with van der Waals surface area (Å²) in [5.74, 6) is 1.15. The molecule has 2 rings (SSSR count). The van der Waals surface area contributed by atoms with E-state index in [-0.39, 0.29) is 11.6 Å². The van der Waals surface area contributed by atoms with Crippen LogP contribution in [0.1, 0.15) is 18.4 Å². The molecule has 0 aromatic carbocycles. The lowest BCUT2D eigenvalue weighted by Crippen LogP contribution is -2.30. The molecule has 0 aliphatic carbocycles. The van der Waals surface area contributed by atoms with Crippen LogP contribution in [0.15, 0.2) is 27.5 Å². The van der Waals surface area contributed by atoms with Crippen molar-refractivity contribution in [3.8, 4) is 0 Å². The van der Waals surface area contributed by atoms with Gasteiger partial charge in [-0.05, 0) is 26.0 Å². The number of hydrogen-bond acceptors (Lipinski definition) is 5. The van der Waals surface area contributed by atoms with Crippen LogP contribution >= 0.6 is 11.6 Å². The zero-order valence-electron chi connectivity index (χ0n) is 10.5. The maximum absolute atomic E-state index is 11.3. The molecular formula is C12H14ClN3O3. The van der Waals surface area contributed by atoms with Gasteiger partial charge in [0.25, 0.3) is 5.56 Å². The molecule has 0 saturated carbocycles. The average Bonchev–Trinajstić information content (AvgIpc) is 2.79. The fraction of sp³-hybridized carbons (Fsp3) is 0.333. The smallest absolute Gasteiger partial charge is 0.285 e. The maximum atomic E-state index is 11.3. The second-order valence-electron chi connectivity index (χ2n) is 4.46. The predicted octanol–water partition coefficient (Wildman–Crippen LogP) is 1.64. The molecule has 0 radical (unpaired) electrons. The third-order valence-electron chi connectivity index (χ3n) is 2.69. The van der Waals surface area contributed by atoms with Gasteiger partial charge in [0.05, 0.1) is 18.4 Å². The van der Waals surface area contributed by atoms with Crippen LogP contribution in [0.4, 0.5) is 5.69 Å². The molecule has 0 fully saturated rings. The molecular weight excluding hydrogens is 270 g/mol. The summed E-state index contributed by atoms with van der Waals surface area (Å²) in [4.78, 5) is 11.3. The van der Waals surface area contributed by atoms with Gasteiger partial charge in [-0.2, -0.15) is 5.10 Å². The van der Waals surface area contributed by atoms with Crippen LogP contribution in [0.5, 0.6) is 0 Å². The van der Waals surface area contributed by atoms with Crippen LogP contribution in [0.25, 0.3) is 0 Å². The van der Waals surface area contributed by atoms with Crippen LogP contribution in [0.3, 0.4) is 0 Å². The van der Waals surface area contributed by atoms with Gasteiger partial charge in [-0.1, -0.05) is 11.6 Å². The Kier molecular flexibility index (Phi) is 3.64. The second-order valence-corrected chi connectivity index (χ2v) is 4.84. The van der Waals surface area contributed by atoms with Crippen molar-refractivity contribution >= 4 is 17.3 Å². The Balaban J connectivity index is 2.13. The number of aryl methyl sites for hydroxylation is 1. The molecule has 0 aliphatic heterocycles. The highest BCUT2D eigenvalue weighted by molar-refractivity contribution is 6.32. The summed E-state index contributed by atoms with van der Waals surface area (Å²) in [6, 6.07) is 3.47. The molecule has 1 unspecified atom stereocenters. The summed E-state index contributed by atoms with van der Waals surface area (Å²) in [7, 11) is 0. The van der Waals surface area contributed by atoms with Crippen LogP contribution in [-0.4, -0.2) is 21.8 Å². The van der Waals surface area contributed by atoms with E-state index < -0.39 is 11.2 Å². The first-order valence-electron chi connectivity index (χ1n) is 5.66. The summed E-state index contributed by atoms with van der Waals surface area (Å²) in [5.41, 5.74) is -1.35. The highest BCUT2D eigenvalue weighted by atomic mass is 35.5. The van der Waals surface area contributed by atoms with Gasteiger partial charge in [-0.15, -0.1) is 0 Å². The Labute approximate surface area is 114 Å². The SMILES string of the molecule is Cc1ccc(C(C)(O)CNc2cn[nH]c(=O)c2Cl)o1. The molecule has 2 aromatic rings. The highest BCUT2D eigenvalue weighted by Crippen LogP contribution is 2.24. The normalized spacial score (nSPS) is 14.1. The van der Waals surface area contributed by atoms with Crippen molar-refractivity contribution in [2.24, 2.45) is 0 Å². The van der Waals surface area contributed by atoms with Gasteiger partial charge in [-0.25, -0.2) is 5.10 Å². The van der Waals surface area contributed by atoms with Crippen LogP contribution in [0.2, 0.25) is 5.02 Å². The molecule has 0 amide bonds. The molecule has 7 heteroatoms. The fourth-order valence-corrected chi connectivity index (χ4v) is 1.74. The number of halogens is 1. The molecule has 6 nitrogen and oxygen atoms in total. The first kappa shape index (κ1) is 13.6. The van der Waals surface area contributed by atoms with E-state index in [0.29, 0.717) is 17.2 Å². The van der Waals surface area contributed by atoms with Gasteiger partial charge in [-0.3, -0.25) is 4.79 Å². The molecule has 102 valence electrons. The summed E-state index contributed by atoms with van der Waals surface area (Å²) in [6.07, 6.45) is 1.38. The number of furan rings is 1. The molecule has 3 N–H and O–H groups in total. The van der Waals surface area contributed by atoms with Crippen molar-refractivity contribution in [3.05, 3.63) is 45.2 Å². The number of nitrogens with one attached hydrogen (secondary N) is 2. The lowest BCUT2D eigenvalue weighted by Gasteiger charge is -2.22. The van der Waals surface area contributed by atoms with Gasteiger partial charge in [0, 0.05) is 0 Å². The number of aliphatic hydroxyl groups is 1. The molecule has 2 aromatic heterocycles. The molecule has 1 atom stereocenters. The van der Waals surface area contributed by atoms with E-state index in [1.54, 1.807) is 26.0 Å². The molecule has 0 spiro atoms. The van der Waals surface area contributed by atoms with E-state index >= 15 is 0 Å². The van der Waals surface area contributed by atoms with Crippen LogP contribution in [0, 0.1) is 6.92 Å². The number of anilines is 1. The largest absolute Gasteiger partial charge is 0.463 e. The summed E-state index contributed by atoms with van der Waals surface area (Å²) < 4.78 is 5.38. The Bertz CT molecular complexity index is 633. The predicted molar refractivity (Wildman–Crippen MR) is 71.4 cm³/mol. The van der Waals surface area contributed by atoms with Gasteiger partial charge < -0.3 is 14.8 Å². The van der Waals surface area contributed by atoms with Crippen LogP contribution < -0.4 is 10.9 Å². The third-order valence-corrected chi connectivity index (χ3v) is 3.07. The molecule has 2 heterocycles. The zero-order chi connectivity index (χ0) is 14.0. The average molecular weight is 284 g/mol. The second kappa shape index (κ2) is 5.07. The van der Waals surface area contributed by atoms with Crippen molar-refractivity contribution in [1.29, 1.82) is 0 Å².